The van der Waals surface area contributed by atoms with Crippen LogP contribution in [0.3, 0.4) is 0 Å². The Balaban J connectivity index is 2.22. The Kier molecular flexibility index (Phi) is 14.2. The van der Waals surface area contributed by atoms with Crippen molar-refractivity contribution in [1.29, 1.82) is 0 Å². The minimum atomic E-state index is -2.43. The predicted molar refractivity (Wildman–Crippen MR) is 160 cm³/mol. The summed E-state index contributed by atoms with van der Waals surface area (Å²) >= 11 is 0. The molecule has 0 radical (unpaired) electrons. The number of carboxylic acid groups (broad SMARTS) is 1. The average Bonchev–Trinajstić information content (AvgIpc) is 3.04. The maximum absolute atomic E-state index is 12.7. The van der Waals surface area contributed by atoms with Gasteiger partial charge < -0.3 is 34.6 Å². The summed E-state index contributed by atoms with van der Waals surface area (Å²) in [4.78, 5) is 36.7. The van der Waals surface area contributed by atoms with E-state index in [-0.39, 0.29) is 24.7 Å². The summed E-state index contributed by atoms with van der Waals surface area (Å²) in [7, 11) is 0. The number of ether oxygens (including phenoxy) is 3. The molecule has 2 unspecified atom stereocenters. The van der Waals surface area contributed by atoms with E-state index in [0.29, 0.717) is 17.9 Å². The Morgan fingerprint density at radius 3 is 2.42 bits per heavy atom. The van der Waals surface area contributed by atoms with Crippen LogP contribution in [-0.4, -0.2) is 75.1 Å². The lowest BCUT2D eigenvalue weighted by Crippen LogP contribution is -2.54. The number of benzene rings is 1. The molecule has 1 aromatic rings. The summed E-state index contributed by atoms with van der Waals surface area (Å²) in [5.41, 5.74) is 1.46. The van der Waals surface area contributed by atoms with Gasteiger partial charge in [-0.3, -0.25) is 14.4 Å². The Morgan fingerprint density at radius 1 is 1.19 bits per heavy atom. The van der Waals surface area contributed by atoms with Gasteiger partial charge in [-0.05, 0) is 48.3 Å². The molecule has 240 valence electrons. The normalized spacial score (nSPS) is 26.2. The highest BCUT2D eigenvalue weighted by atomic mass is 16.7. The highest BCUT2D eigenvalue weighted by Crippen LogP contribution is 2.34. The average molecular weight is 605 g/mol. The molecule has 1 aliphatic heterocycles. The van der Waals surface area contributed by atoms with Crippen LogP contribution in [0, 0.1) is 23.7 Å². The number of ketones is 1. The van der Waals surface area contributed by atoms with Crippen LogP contribution in [0.25, 0.3) is 0 Å². The van der Waals surface area contributed by atoms with Crippen molar-refractivity contribution in [3.05, 3.63) is 60.2 Å². The third-order valence-corrected chi connectivity index (χ3v) is 7.97. The van der Waals surface area contributed by atoms with Crippen molar-refractivity contribution in [1.82, 2.24) is 0 Å². The first-order valence-electron chi connectivity index (χ1n) is 14.9. The molecule has 0 spiro atoms. The predicted octanol–water partition coefficient (Wildman–Crippen LogP) is 3.82. The number of Topliss-reactive ketones (excluding diaryl/α,β-unsaturated/α-hetero) is 1. The van der Waals surface area contributed by atoms with E-state index < -0.39 is 60.6 Å². The fourth-order valence-corrected chi connectivity index (χ4v) is 5.37. The molecule has 0 aliphatic carbocycles. The molecular weight excluding hydrogens is 556 g/mol. The summed E-state index contributed by atoms with van der Waals surface area (Å²) in [6.45, 7) is 12.6. The van der Waals surface area contributed by atoms with Gasteiger partial charge in [0, 0.05) is 19.3 Å². The van der Waals surface area contributed by atoms with Crippen molar-refractivity contribution in [2.75, 3.05) is 6.61 Å². The Morgan fingerprint density at radius 2 is 1.84 bits per heavy atom. The van der Waals surface area contributed by atoms with E-state index >= 15 is 0 Å². The Hall–Kier alpha value is -2.89. The number of allylic oxidation sites excluding steroid dienone is 1. The molecule has 0 bridgehead atoms. The third kappa shape index (κ3) is 11.0. The standard InChI is InChI=1S/C33H48O10/c1-7-20(2)17-21(3)13-14-27(36)43-30-28(32(38)39)26(35)19-41-33(40,31(30)37)16-15-22(4)29(42-24(6)34)23(5)18-25-11-9-8-10-12-25/h8-14,20-21,23,27-31,36-37,40H,4,7,15-19H2,1-3,5-6H3,(H,38,39)/b14-13+/t20-,21+,23+,27?,28?,29+,30-,31+,33+/m0/s1. The van der Waals surface area contributed by atoms with Crippen molar-refractivity contribution in [3.8, 4) is 0 Å². The molecule has 1 aliphatic rings. The molecule has 1 heterocycles. The maximum Gasteiger partial charge on any atom is 0.316 e. The molecule has 10 heteroatoms. The molecule has 1 aromatic carbocycles. The fourth-order valence-electron chi connectivity index (χ4n) is 5.37. The number of aliphatic hydroxyl groups excluding tert-OH is 2. The number of hydrogen-bond acceptors (Lipinski definition) is 9. The number of aliphatic carboxylic acids is 1. The largest absolute Gasteiger partial charge is 0.481 e. The second-order valence-electron chi connectivity index (χ2n) is 11.8. The lowest BCUT2D eigenvalue weighted by atomic mass is 9.86. The fraction of sp³-hybridized carbons (Fsp3) is 0.606. The van der Waals surface area contributed by atoms with Crippen LogP contribution in [0.4, 0.5) is 0 Å². The van der Waals surface area contributed by atoms with Crippen molar-refractivity contribution >= 4 is 17.7 Å². The minimum absolute atomic E-state index is 0.00112. The van der Waals surface area contributed by atoms with Crippen LogP contribution >= 0.6 is 0 Å². The van der Waals surface area contributed by atoms with E-state index in [4.69, 9.17) is 14.2 Å². The van der Waals surface area contributed by atoms with Crippen molar-refractivity contribution in [2.24, 2.45) is 23.7 Å². The first kappa shape index (κ1) is 36.3. The number of rotatable bonds is 16. The summed E-state index contributed by atoms with van der Waals surface area (Å²) in [6.07, 6.45) is -1.08. The van der Waals surface area contributed by atoms with Gasteiger partial charge in [0.1, 0.15) is 30.8 Å². The smallest absolute Gasteiger partial charge is 0.316 e. The first-order valence-corrected chi connectivity index (χ1v) is 14.9. The van der Waals surface area contributed by atoms with Gasteiger partial charge in [0.05, 0.1) is 0 Å². The zero-order chi connectivity index (χ0) is 32.3. The number of esters is 1. The zero-order valence-corrected chi connectivity index (χ0v) is 25.8. The quantitative estimate of drug-likeness (QED) is 0.0946. The monoisotopic (exact) mass is 604 g/mol. The second kappa shape index (κ2) is 16.8. The van der Waals surface area contributed by atoms with Crippen molar-refractivity contribution in [3.63, 3.8) is 0 Å². The minimum Gasteiger partial charge on any atom is -0.481 e. The van der Waals surface area contributed by atoms with Gasteiger partial charge in [-0.1, -0.05) is 77.1 Å². The van der Waals surface area contributed by atoms with E-state index in [1.165, 1.54) is 13.0 Å². The summed E-state index contributed by atoms with van der Waals surface area (Å²) in [5.74, 6) is -6.99. The van der Waals surface area contributed by atoms with E-state index in [1.54, 1.807) is 6.08 Å². The summed E-state index contributed by atoms with van der Waals surface area (Å²) < 4.78 is 16.5. The van der Waals surface area contributed by atoms with Crippen LogP contribution in [0.5, 0.6) is 0 Å². The van der Waals surface area contributed by atoms with Crippen LogP contribution in [0.2, 0.25) is 0 Å². The van der Waals surface area contributed by atoms with Gasteiger partial charge >= 0.3 is 11.9 Å². The molecular formula is C33H48O10. The van der Waals surface area contributed by atoms with Gasteiger partial charge in [-0.25, -0.2) is 0 Å². The van der Waals surface area contributed by atoms with Crippen molar-refractivity contribution in [2.45, 2.75) is 97.1 Å². The van der Waals surface area contributed by atoms with E-state index in [2.05, 4.69) is 20.4 Å². The van der Waals surface area contributed by atoms with E-state index in [1.807, 2.05) is 44.2 Å². The number of carbonyl (C=O) groups excluding carboxylic acids is 2. The van der Waals surface area contributed by atoms with E-state index in [9.17, 15) is 34.8 Å². The molecule has 0 aromatic heterocycles. The van der Waals surface area contributed by atoms with Crippen molar-refractivity contribution < 1.29 is 49.0 Å². The third-order valence-electron chi connectivity index (χ3n) is 7.97. The van der Waals surface area contributed by atoms with Crippen LogP contribution in [-0.2, 0) is 35.0 Å². The van der Waals surface area contributed by atoms with E-state index in [0.717, 1.165) is 18.4 Å². The molecule has 1 saturated heterocycles. The first-order chi connectivity index (χ1) is 20.2. The summed E-state index contributed by atoms with van der Waals surface area (Å²) in [6, 6.07) is 9.61. The maximum atomic E-state index is 12.7. The van der Waals surface area contributed by atoms with Crippen LogP contribution < -0.4 is 0 Å². The molecule has 0 amide bonds. The van der Waals surface area contributed by atoms with Gasteiger partial charge in [0.25, 0.3) is 0 Å². The Labute approximate surface area is 254 Å². The van der Waals surface area contributed by atoms with Gasteiger partial charge in [0.15, 0.2) is 17.9 Å². The number of carboxylic acids is 1. The van der Waals surface area contributed by atoms with Gasteiger partial charge in [0.2, 0.25) is 0 Å². The molecule has 10 nitrogen and oxygen atoms in total. The zero-order valence-electron chi connectivity index (χ0n) is 25.8. The lowest BCUT2D eigenvalue weighted by Gasteiger charge is -2.36. The molecule has 43 heavy (non-hydrogen) atoms. The van der Waals surface area contributed by atoms with Gasteiger partial charge in [-0.2, -0.15) is 0 Å². The Bertz CT molecular complexity index is 1100. The lowest BCUT2D eigenvalue weighted by molar-refractivity contribution is -0.282. The second-order valence-corrected chi connectivity index (χ2v) is 11.8. The summed E-state index contributed by atoms with van der Waals surface area (Å²) in [5, 5.41) is 43.0. The molecule has 2 rings (SSSR count). The number of hydrogen-bond donors (Lipinski definition) is 4. The molecule has 4 N–H and O–H groups in total. The molecule has 1 fully saturated rings. The number of carbonyl (C=O) groups is 3. The van der Waals surface area contributed by atoms with Crippen LogP contribution in [0.15, 0.2) is 54.6 Å². The SMILES string of the molecule is C=C(CC[C@@]1(O)OCC(=O)C(C(=O)O)[C@H](OC(O)/C=C/[C@@H](C)C[C@@H](C)CC)[C@H]1O)[C@@H](OC(C)=O)[C@H](C)Cc1ccccc1. The molecule has 0 saturated carbocycles. The van der Waals surface area contributed by atoms with Gasteiger partial charge in [-0.15, -0.1) is 0 Å². The van der Waals surface area contributed by atoms with Crippen LogP contribution in [0.1, 0.15) is 65.9 Å². The molecule has 9 atom stereocenters. The highest BCUT2D eigenvalue weighted by Gasteiger charge is 2.53. The highest BCUT2D eigenvalue weighted by molar-refractivity contribution is 6.00. The topological polar surface area (TPSA) is 160 Å². The number of aliphatic hydroxyl groups is 3.